The molecular weight excluding hydrogens is 250 g/mol. The quantitative estimate of drug-likeness (QED) is 0.683. The van der Waals surface area contributed by atoms with Gasteiger partial charge in [-0.3, -0.25) is 9.59 Å². The number of hydroxylamine groups is 2. The van der Waals surface area contributed by atoms with E-state index in [2.05, 4.69) is 0 Å². The molecule has 1 fully saturated rings. The Morgan fingerprint density at radius 1 is 1.32 bits per heavy atom. The van der Waals surface area contributed by atoms with Crippen LogP contribution in [0.25, 0.3) is 0 Å². The minimum Gasteiger partial charge on any atom is -0.364 e. The molecule has 0 aromatic carbocycles. The van der Waals surface area contributed by atoms with Crippen LogP contribution >= 0.6 is 0 Å². The Bertz CT molecular complexity index is 361. The van der Waals surface area contributed by atoms with Crippen molar-refractivity contribution in [2.24, 2.45) is 5.92 Å². The van der Waals surface area contributed by atoms with Crippen molar-refractivity contribution in [3.8, 4) is 0 Å². The van der Waals surface area contributed by atoms with Crippen molar-refractivity contribution >= 4 is 17.8 Å². The van der Waals surface area contributed by atoms with Crippen LogP contribution in [-0.4, -0.2) is 35.1 Å². The fourth-order valence-corrected chi connectivity index (χ4v) is 1.38. The Hall–Kier alpha value is -1.43. The van der Waals surface area contributed by atoms with Gasteiger partial charge in [0.05, 0.1) is 6.61 Å². The molecule has 0 aromatic heterocycles. The SMILES string of the molecule is CCC(C)COC(C)(C)C(=O)ON1C(=O)CCC1=O. The minimum atomic E-state index is -1.19. The molecule has 1 saturated heterocycles. The third kappa shape index (κ3) is 4.02. The van der Waals surface area contributed by atoms with Crippen molar-refractivity contribution in [3.63, 3.8) is 0 Å². The standard InChI is InChI=1S/C13H21NO5/c1-5-9(2)8-18-13(3,4)12(17)19-14-10(15)6-7-11(14)16/h9H,5-8H2,1-4H3. The summed E-state index contributed by atoms with van der Waals surface area (Å²) < 4.78 is 5.50. The van der Waals surface area contributed by atoms with Gasteiger partial charge in [0.1, 0.15) is 0 Å². The summed E-state index contributed by atoms with van der Waals surface area (Å²) in [5.74, 6) is -1.39. The summed E-state index contributed by atoms with van der Waals surface area (Å²) in [6, 6.07) is 0. The van der Waals surface area contributed by atoms with Gasteiger partial charge in [-0.15, -0.1) is 5.06 Å². The highest BCUT2D eigenvalue weighted by Gasteiger charge is 2.38. The first-order valence-electron chi connectivity index (χ1n) is 6.50. The Balaban J connectivity index is 2.55. The lowest BCUT2D eigenvalue weighted by Crippen LogP contribution is -2.43. The van der Waals surface area contributed by atoms with Gasteiger partial charge in [-0.05, 0) is 19.8 Å². The zero-order valence-electron chi connectivity index (χ0n) is 11.9. The summed E-state index contributed by atoms with van der Waals surface area (Å²) in [6.07, 6.45) is 1.11. The first-order chi connectivity index (χ1) is 8.77. The van der Waals surface area contributed by atoms with Crippen LogP contribution in [0, 0.1) is 5.92 Å². The molecule has 1 aliphatic heterocycles. The summed E-state index contributed by atoms with van der Waals surface area (Å²) in [7, 11) is 0. The maximum Gasteiger partial charge on any atom is 0.364 e. The van der Waals surface area contributed by atoms with E-state index in [1.807, 2.05) is 13.8 Å². The van der Waals surface area contributed by atoms with Crippen molar-refractivity contribution < 1.29 is 24.0 Å². The Kier molecular flexibility index (Phi) is 5.05. The van der Waals surface area contributed by atoms with Crippen LogP contribution in [0.1, 0.15) is 47.0 Å². The molecule has 1 aliphatic rings. The van der Waals surface area contributed by atoms with Crippen molar-refractivity contribution in [2.45, 2.75) is 52.6 Å². The van der Waals surface area contributed by atoms with Crippen LogP contribution in [0.4, 0.5) is 0 Å². The Morgan fingerprint density at radius 2 is 1.84 bits per heavy atom. The predicted molar refractivity (Wildman–Crippen MR) is 66.7 cm³/mol. The van der Waals surface area contributed by atoms with Gasteiger partial charge < -0.3 is 9.57 Å². The zero-order valence-corrected chi connectivity index (χ0v) is 11.9. The van der Waals surface area contributed by atoms with E-state index in [0.29, 0.717) is 17.6 Å². The summed E-state index contributed by atoms with van der Waals surface area (Å²) in [4.78, 5) is 39.4. The van der Waals surface area contributed by atoms with E-state index < -0.39 is 23.4 Å². The number of ether oxygens (including phenoxy) is 1. The maximum atomic E-state index is 11.9. The number of carbonyl (C=O) groups excluding carboxylic acids is 3. The predicted octanol–water partition coefficient (Wildman–Crippen LogP) is 1.43. The molecule has 0 aromatic rings. The Labute approximate surface area is 113 Å². The van der Waals surface area contributed by atoms with E-state index in [0.717, 1.165) is 6.42 Å². The molecule has 1 atom stereocenters. The van der Waals surface area contributed by atoms with E-state index >= 15 is 0 Å². The molecule has 2 amide bonds. The van der Waals surface area contributed by atoms with E-state index in [1.54, 1.807) is 13.8 Å². The van der Waals surface area contributed by atoms with Crippen molar-refractivity contribution in [3.05, 3.63) is 0 Å². The lowest BCUT2D eigenvalue weighted by molar-refractivity contribution is -0.212. The summed E-state index contributed by atoms with van der Waals surface area (Å²) in [6.45, 7) is 7.57. The minimum absolute atomic E-state index is 0.0836. The number of hydrogen-bond acceptors (Lipinski definition) is 5. The highest BCUT2D eigenvalue weighted by Crippen LogP contribution is 2.18. The van der Waals surface area contributed by atoms with Gasteiger partial charge in [0.15, 0.2) is 5.60 Å². The van der Waals surface area contributed by atoms with Gasteiger partial charge in [-0.25, -0.2) is 4.79 Å². The second-order valence-electron chi connectivity index (χ2n) is 5.30. The van der Waals surface area contributed by atoms with E-state index in [-0.39, 0.29) is 12.8 Å². The van der Waals surface area contributed by atoms with Crippen LogP contribution in [-0.2, 0) is 24.0 Å². The van der Waals surface area contributed by atoms with Crippen LogP contribution in [0.5, 0.6) is 0 Å². The fraction of sp³-hybridized carbons (Fsp3) is 0.769. The molecule has 19 heavy (non-hydrogen) atoms. The molecule has 6 heteroatoms. The summed E-state index contributed by atoms with van der Waals surface area (Å²) in [5, 5.41) is 0.538. The molecule has 0 aliphatic carbocycles. The molecule has 0 saturated carbocycles. The Morgan fingerprint density at radius 3 is 2.32 bits per heavy atom. The smallest absolute Gasteiger partial charge is 0.364 e. The third-order valence-electron chi connectivity index (χ3n) is 3.10. The first kappa shape index (κ1) is 15.6. The average molecular weight is 271 g/mol. The normalized spacial score (nSPS) is 17.8. The topological polar surface area (TPSA) is 72.9 Å². The summed E-state index contributed by atoms with van der Waals surface area (Å²) in [5.41, 5.74) is -1.19. The van der Waals surface area contributed by atoms with E-state index in [4.69, 9.17) is 9.57 Å². The van der Waals surface area contributed by atoms with Crippen LogP contribution < -0.4 is 0 Å². The van der Waals surface area contributed by atoms with E-state index in [9.17, 15) is 14.4 Å². The molecule has 1 heterocycles. The number of carbonyl (C=O) groups is 3. The third-order valence-corrected chi connectivity index (χ3v) is 3.10. The largest absolute Gasteiger partial charge is 0.364 e. The maximum absolute atomic E-state index is 11.9. The molecule has 0 bridgehead atoms. The average Bonchev–Trinajstić information content (AvgIpc) is 2.67. The van der Waals surface area contributed by atoms with Gasteiger partial charge in [-0.2, -0.15) is 0 Å². The lowest BCUT2D eigenvalue weighted by atomic mass is 10.1. The van der Waals surface area contributed by atoms with Gasteiger partial charge in [0, 0.05) is 12.8 Å². The first-order valence-corrected chi connectivity index (χ1v) is 6.50. The second kappa shape index (κ2) is 6.14. The highest BCUT2D eigenvalue weighted by molar-refractivity contribution is 6.01. The van der Waals surface area contributed by atoms with Crippen molar-refractivity contribution in [1.82, 2.24) is 5.06 Å². The van der Waals surface area contributed by atoms with Crippen molar-refractivity contribution in [1.29, 1.82) is 0 Å². The molecule has 0 N–H and O–H groups in total. The van der Waals surface area contributed by atoms with Crippen LogP contribution in [0.3, 0.4) is 0 Å². The zero-order chi connectivity index (χ0) is 14.6. The molecule has 6 nitrogen and oxygen atoms in total. The molecule has 0 spiro atoms. The monoisotopic (exact) mass is 271 g/mol. The van der Waals surface area contributed by atoms with Gasteiger partial charge in [-0.1, -0.05) is 20.3 Å². The molecule has 0 radical (unpaired) electrons. The van der Waals surface area contributed by atoms with Crippen LogP contribution in [0.15, 0.2) is 0 Å². The second-order valence-corrected chi connectivity index (χ2v) is 5.30. The number of nitrogens with zero attached hydrogens (tertiary/aromatic N) is 1. The number of hydrogen-bond donors (Lipinski definition) is 0. The summed E-state index contributed by atoms with van der Waals surface area (Å²) >= 11 is 0. The highest BCUT2D eigenvalue weighted by atomic mass is 16.7. The van der Waals surface area contributed by atoms with Crippen molar-refractivity contribution in [2.75, 3.05) is 6.61 Å². The van der Waals surface area contributed by atoms with Crippen LogP contribution in [0.2, 0.25) is 0 Å². The molecular formula is C13H21NO5. The van der Waals surface area contributed by atoms with Gasteiger partial charge in [0.25, 0.3) is 11.8 Å². The molecule has 108 valence electrons. The van der Waals surface area contributed by atoms with E-state index in [1.165, 1.54) is 0 Å². The van der Waals surface area contributed by atoms with Gasteiger partial charge >= 0.3 is 5.97 Å². The fourth-order valence-electron chi connectivity index (χ4n) is 1.38. The number of rotatable bonds is 6. The lowest BCUT2D eigenvalue weighted by Gasteiger charge is -2.26. The number of amides is 2. The number of imide groups is 1. The molecule has 1 unspecified atom stereocenters. The molecule has 1 rings (SSSR count). The van der Waals surface area contributed by atoms with Gasteiger partial charge in [0.2, 0.25) is 0 Å².